The maximum Gasteiger partial charge on any atom is 0.292 e. The van der Waals surface area contributed by atoms with Crippen molar-refractivity contribution in [1.82, 2.24) is 10.2 Å². The number of carbonyl (C=O) groups excluding carboxylic acids is 2. The molecule has 7 nitrogen and oxygen atoms in total. The number of ether oxygens (including phenoxy) is 2. The van der Waals surface area contributed by atoms with E-state index in [1.807, 2.05) is 0 Å². The number of Topliss-reactive ketones (excluding diaryl/α,β-unsaturated/α-hetero) is 1. The molecule has 2 aliphatic rings. The van der Waals surface area contributed by atoms with Crippen molar-refractivity contribution in [3.63, 3.8) is 0 Å². The standard InChI is InChI=1S/C30H30ClFN2O5/c31-25-17-20(6-13-27(25)39-23-11-12-23)28(35)26(18-34-14-1-2-15-34)33-30(37)29(36)19-4-3-5-24(16-19)38-22-9-7-21(32)8-10-22/h3-10,13,16-17,23,26,28,35H,1-2,11-12,14-15,18H2,(H,33,37). The van der Waals surface area contributed by atoms with Gasteiger partial charge in [-0.3, -0.25) is 9.59 Å². The van der Waals surface area contributed by atoms with Crippen molar-refractivity contribution in [2.45, 2.75) is 43.9 Å². The van der Waals surface area contributed by atoms with Crippen LogP contribution in [-0.4, -0.2) is 53.5 Å². The van der Waals surface area contributed by atoms with E-state index in [1.165, 1.54) is 36.4 Å². The van der Waals surface area contributed by atoms with Crippen molar-refractivity contribution in [1.29, 1.82) is 0 Å². The number of aliphatic hydroxyl groups excluding tert-OH is 1. The van der Waals surface area contributed by atoms with Gasteiger partial charge in [0.2, 0.25) is 5.78 Å². The van der Waals surface area contributed by atoms with Gasteiger partial charge < -0.3 is 24.8 Å². The van der Waals surface area contributed by atoms with Gasteiger partial charge in [-0.15, -0.1) is 0 Å². The Kier molecular flexibility index (Phi) is 8.45. The van der Waals surface area contributed by atoms with E-state index in [0.29, 0.717) is 34.4 Å². The number of aliphatic hydroxyl groups is 1. The fourth-order valence-corrected chi connectivity index (χ4v) is 4.80. The van der Waals surface area contributed by atoms with Crippen LogP contribution in [0.25, 0.3) is 0 Å². The van der Waals surface area contributed by atoms with Crippen molar-refractivity contribution in [3.05, 3.63) is 88.7 Å². The molecule has 1 heterocycles. The number of halogens is 2. The molecule has 0 spiro atoms. The third-order valence-electron chi connectivity index (χ3n) is 6.82. The first-order valence-corrected chi connectivity index (χ1v) is 13.5. The molecule has 3 aromatic rings. The first kappa shape index (κ1) is 27.1. The van der Waals surface area contributed by atoms with Gasteiger partial charge in [-0.2, -0.15) is 0 Å². The second-order valence-electron chi connectivity index (χ2n) is 9.95. The second-order valence-corrected chi connectivity index (χ2v) is 10.4. The lowest BCUT2D eigenvalue weighted by Gasteiger charge is -2.28. The topological polar surface area (TPSA) is 88.1 Å². The second kappa shape index (κ2) is 12.2. The Morgan fingerprint density at radius 2 is 1.77 bits per heavy atom. The smallest absolute Gasteiger partial charge is 0.292 e. The zero-order valence-corrected chi connectivity index (χ0v) is 22.1. The Balaban J connectivity index is 1.29. The Labute approximate surface area is 231 Å². The fourth-order valence-electron chi connectivity index (χ4n) is 4.57. The number of nitrogens with one attached hydrogen (secondary N) is 1. The highest BCUT2D eigenvalue weighted by atomic mass is 35.5. The lowest BCUT2D eigenvalue weighted by atomic mass is 10.0. The van der Waals surface area contributed by atoms with Crippen molar-refractivity contribution < 1.29 is 28.6 Å². The van der Waals surface area contributed by atoms with Crippen LogP contribution in [0.5, 0.6) is 17.2 Å². The van der Waals surface area contributed by atoms with Gasteiger partial charge in [0.15, 0.2) is 0 Å². The summed E-state index contributed by atoms with van der Waals surface area (Å²) in [6.45, 7) is 2.08. The average molecular weight is 553 g/mol. The van der Waals surface area contributed by atoms with E-state index in [-0.39, 0.29) is 11.7 Å². The van der Waals surface area contributed by atoms with Crippen LogP contribution in [0.4, 0.5) is 4.39 Å². The van der Waals surface area contributed by atoms with E-state index < -0.39 is 29.7 Å². The van der Waals surface area contributed by atoms with Crippen LogP contribution < -0.4 is 14.8 Å². The number of benzene rings is 3. The molecule has 0 bridgehead atoms. The molecule has 1 aliphatic heterocycles. The lowest BCUT2D eigenvalue weighted by molar-refractivity contribution is -0.118. The normalized spacial score (nSPS) is 16.9. The number of nitrogens with zero attached hydrogens (tertiary/aromatic N) is 1. The molecule has 2 atom stereocenters. The largest absolute Gasteiger partial charge is 0.489 e. The van der Waals surface area contributed by atoms with Gasteiger partial charge in [-0.25, -0.2) is 4.39 Å². The van der Waals surface area contributed by atoms with Crippen LogP contribution in [0, 0.1) is 5.82 Å². The molecular formula is C30H30ClFN2O5. The highest BCUT2D eigenvalue weighted by Gasteiger charge is 2.30. The van der Waals surface area contributed by atoms with Crippen LogP contribution in [0.2, 0.25) is 5.02 Å². The van der Waals surface area contributed by atoms with E-state index >= 15 is 0 Å². The summed E-state index contributed by atoms with van der Waals surface area (Å²) in [7, 11) is 0. The minimum Gasteiger partial charge on any atom is -0.489 e. The summed E-state index contributed by atoms with van der Waals surface area (Å²) in [5, 5.41) is 14.4. The Hall–Kier alpha value is -3.46. The highest BCUT2D eigenvalue weighted by Crippen LogP contribution is 2.34. The average Bonchev–Trinajstić information content (AvgIpc) is 3.61. The van der Waals surface area contributed by atoms with E-state index in [9.17, 15) is 19.1 Å². The van der Waals surface area contributed by atoms with Gasteiger partial charge in [-0.05, 0) is 92.9 Å². The monoisotopic (exact) mass is 552 g/mol. The molecule has 1 aliphatic carbocycles. The fraction of sp³-hybridized carbons (Fsp3) is 0.333. The van der Waals surface area contributed by atoms with Crippen molar-refractivity contribution >= 4 is 23.3 Å². The van der Waals surface area contributed by atoms with Gasteiger partial charge in [0.1, 0.15) is 29.2 Å². The minimum absolute atomic E-state index is 0.131. The molecule has 2 N–H and O–H groups in total. The van der Waals surface area contributed by atoms with Crippen LogP contribution in [0.1, 0.15) is 47.7 Å². The zero-order chi connectivity index (χ0) is 27.4. The predicted molar refractivity (Wildman–Crippen MR) is 145 cm³/mol. The van der Waals surface area contributed by atoms with Gasteiger partial charge in [0, 0.05) is 12.1 Å². The molecule has 2 fully saturated rings. The summed E-state index contributed by atoms with van der Waals surface area (Å²) >= 11 is 6.42. The van der Waals surface area contributed by atoms with Gasteiger partial charge in [-0.1, -0.05) is 29.8 Å². The minimum atomic E-state index is -1.09. The SMILES string of the molecule is O=C(NC(CN1CCCC1)C(O)c1ccc(OC2CC2)c(Cl)c1)C(=O)c1cccc(Oc2ccc(F)cc2)c1. The van der Waals surface area contributed by atoms with E-state index in [1.54, 1.807) is 30.3 Å². The number of ketones is 1. The summed E-state index contributed by atoms with van der Waals surface area (Å²) in [6, 6.07) is 16.0. The molecule has 0 radical (unpaired) electrons. The van der Waals surface area contributed by atoms with E-state index in [2.05, 4.69) is 10.2 Å². The van der Waals surface area contributed by atoms with Crippen LogP contribution in [-0.2, 0) is 4.79 Å². The van der Waals surface area contributed by atoms with Crippen molar-refractivity contribution in [2.75, 3.05) is 19.6 Å². The van der Waals surface area contributed by atoms with Gasteiger partial charge in [0.05, 0.1) is 17.2 Å². The summed E-state index contributed by atoms with van der Waals surface area (Å²) in [6.07, 6.45) is 3.17. The number of rotatable bonds is 11. The molecule has 39 heavy (non-hydrogen) atoms. The lowest BCUT2D eigenvalue weighted by Crippen LogP contribution is -2.48. The highest BCUT2D eigenvalue weighted by molar-refractivity contribution is 6.42. The summed E-state index contributed by atoms with van der Waals surface area (Å²) in [5.41, 5.74) is 0.654. The summed E-state index contributed by atoms with van der Waals surface area (Å²) < 4.78 is 24.7. The number of amides is 1. The summed E-state index contributed by atoms with van der Waals surface area (Å²) in [4.78, 5) is 28.3. The molecule has 5 rings (SSSR count). The molecule has 0 aromatic heterocycles. The van der Waals surface area contributed by atoms with Crippen LogP contribution in [0.15, 0.2) is 66.7 Å². The molecule has 1 saturated carbocycles. The Morgan fingerprint density at radius 3 is 2.46 bits per heavy atom. The third-order valence-corrected chi connectivity index (χ3v) is 7.11. The van der Waals surface area contributed by atoms with Crippen molar-refractivity contribution in [3.8, 4) is 17.2 Å². The van der Waals surface area contributed by atoms with Gasteiger partial charge >= 0.3 is 0 Å². The first-order chi connectivity index (χ1) is 18.9. The zero-order valence-electron chi connectivity index (χ0n) is 21.3. The number of hydrogen-bond donors (Lipinski definition) is 2. The Bertz CT molecular complexity index is 1330. The molecule has 204 valence electrons. The third kappa shape index (κ3) is 7.15. The maximum absolute atomic E-state index is 13.2. The predicted octanol–water partition coefficient (Wildman–Crippen LogP) is 5.31. The molecule has 9 heteroatoms. The number of carbonyl (C=O) groups is 2. The number of likely N-dealkylation sites (tertiary alicyclic amines) is 1. The molecular weight excluding hydrogens is 523 g/mol. The molecule has 2 unspecified atom stereocenters. The first-order valence-electron chi connectivity index (χ1n) is 13.1. The van der Waals surface area contributed by atoms with Crippen molar-refractivity contribution in [2.24, 2.45) is 0 Å². The summed E-state index contributed by atoms with van der Waals surface area (Å²) in [5.74, 6) is -0.698. The van der Waals surface area contributed by atoms with Crippen LogP contribution in [0.3, 0.4) is 0 Å². The van der Waals surface area contributed by atoms with Gasteiger partial charge in [0.25, 0.3) is 5.91 Å². The van der Waals surface area contributed by atoms with Crippen LogP contribution >= 0.6 is 11.6 Å². The molecule has 3 aromatic carbocycles. The molecule has 1 saturated heterocycles. The maximum atomic E-state index is 13.2. The van der Waals surface area contributed by atoms with E-state index in [4.69, 9.17) is 21.1 Å². The quantitative estimate of drug-likeness (QED) is 0.248. The number of hydrogen-bond acceptors (Lipinski definition) is 6. The molecule has 1 amide bonds. The Morgan fingerprint density at radius 1 is 1.03 bits per heavy atom. The van der Waals surface area contributed by atoms with E-state index in [0.717, 1.165) is 38.8 Å².